The van der Waals surface area contributed by atoms with Crippen LogP contribution in [0.4, 0.5) is 0 Å². The van der Waals surface area contributed by atoms with Gasteiger partial charge in [0, 0.05) is 23.8 Å². The van der Waals surface area contributed by atoms with Crippen LogP contribution in [-0.2, 0) is 19.1 Å². The SMILES string of the molecule is COC(=O)/C(C)=C/C(=O)C[C@@H](C)[C@H]1CC[C@@]2(C)C3=C(CC[C@]12C)[C@@]1(C)CCC(=O)C(C)(C)[C@@H]1CC3. The molecule has 0 unspecified atom stereocenters. The lowest BCUT2D eigenvalue weighted by Crippen LogP contribution is -2.53. The first-order valence-electron chi connectivity index (χ1n) is 13.8. The number of ether oxygens (including phenoxy) is 1. The van der Waals surface area contributed by atoms with Gasteiger partial charge in [-0.3, -0.25) is 9.59 Å². The third-order valence-electron chi connectivity index (χ3n) is 11.7. The second-order valence-electron chi connectivity index (χ2n) is 13.5. The van der Waals surface area contributed by atoms with Crippen molar-refractivity contribution in [2.24, 2.45) is 39.4 Å². The molecule has 4 aliphatic carbocycles. The molecule has 0 aromatic heterocycles. The Morgan fingerprint density at radius 2 is 1.69 bits per heavy atom. The quantitative estimate of drug-likeness (QED) is 0.240. The first-order chi connectivity index (χ1) is 16.2. The summed E-state index contributed by atoms with van der Waals surface area (Å²) >= 11 is 0. The van der Waals surface area contributed by atoms with E-state index in [1.807, 2.05) is 0 Å². The van der Waals surface area contributed by atoms with Gasteiger partial charge in [0.25, 0.3) is 0 Å². The molecule has 4 heteroatoms. The molecular weight excluding hydrogens is 436 g/mol. The van der Waals surface area contributed by atoms with Gasteiger partial charge in [-0.15, -0.1) is 0 Å². The van der Waals surface area contributed by atoms with E-state index in [1.54, 1.807) is 18.1 Å². The van der Waals surface area contributed by atoms with E-state index in [2.05, 4.69) is 41.5 Å². The van der Waals surface area contributed by atoms with Crippen LogP contribution in [0.3, 0.4) is 0 Å². The number of methoxy groups -OCH3 is 1. The molecule has 0 bridgehead atoms. The van der Waals surface area contributed by atoms with Crippen LogP contribution in [0.2, 0.25) is 0 Å². The van der Waals surface area contributed by atoms with Gasteiger partial charge in [0.2, 0.25) is 0 Å². The fourth-order valence-electron chi connectivity index (χ4n) is 9.42. The van der Waals surface area contributed by atoms with Crippen molar-refractivity contribution in [3.8, 4) is 0 Å². The predicted molar refractivity (Wildman–Crippen MR) is 139 cm³/mol. The number of carbonyl (C=O) groups is 3. The summed E-state index contributed by atoms with van der Waals surface area (Å²) in [4.78, 5) is 37.3. The molecule has 4 nitrogen and oxygen atoms in total. The summed E-state index contributed by atoms with van der Waals surface area (Å²) in [7, 11) is 1.35. The standard InChI is InChI=1S/C31H46O4/c1-19(17-21(32)18-20(2)27(34)35-8)22-11-15-31(7)24-9-10-25-28(3,4)26(33)13-14-29(25,5)23(24)12-16-30(22,31)6/h18-19,22,25H,9-17H2,1-8H3/b20-18+/t19-,22-,25+,29-,30-,31+/m1/s1. The van der Waals surface area contributed by atoms with Crippen LogP contribution in [0.5, 0.6) is 0 Å². The predicted octanol–water partition coefficient (Wildman–Crippen LogP) is 7.02. The summed E-state index contributed by atoms with van der Waals surface area (Å²) in [6.07, 6.45) is 10.6. The van der Waals surface area contributed by atoms with Gasteiger partial charge in [0.1, 0.15) is 5.78 Å². The van der Waals surface area contributed by atoms with E-state index in [-0.39, 0.29) is 33.4 Å². The van der Waals surface area contributed by atoms with E-state index in [9.17, 15) is 14.4 Å². The smallest absolute Gasteiger partial charge is 0.333 e. The Labute approximate surface area is 212 Å². The molecule has 0 amide bonds. The summed E-state index contributed by atoms with van der Waals surface area (Å²) in [5.41, 5.74) is 4.03. The Kier molecular flexibility index (Phi) is 6.55. The Morgan fingerprint density at radius 3 is 2.34 bits per heavy atom. The molecule has 0 aromatic rings. The topological polar surface area (TPSA) is 60.4 Å². The van der Waals surface area contributed by atoms with Gasteiger partial charge < -0.3 is 4.74 Å². The maximum absolute atomic E-state index is 12.8. The molecule has 0 aromatic carbocycles. The zero-order valence-electron chi connectivity index (χ0n) is 23.3. The molecule has 0 radical (unpaired) electrons. The highest BCUT2D eigenvalue weighted by Gasteiger charge is 2.63. The molecule has 35 heavy (non-hydrogen) atoms. The van der Waals surface area contributed by atoms with Gasteiger partial charge in [0.15, 0.2) is 5.78 Å². The van der Waals surface area contributed by atoms with Crippen molar-refractivity contribution in [3.05, 3.63) is 22.8 Å². The first kappa shape index (κ1) is 26.4. The molecule has 6 atom stereocenters. The molecule has 0 N–H and O–H groups in total. The Morgan fingerprint density at radius 1 is 1.00 bits per heavy atom. The molecular formula is C31H46O4. The van der Waals surface area contributed by atoms with E-state index >= 15 is 0 Å². The van der Waals surface area contributed by atoms with Crippen LogP contribution in [0, 0.1) is 39.4 Å². The van der Waals surface area contributed by atoms with Gasteiger partial charge in [-0.1, -0.05) is 52.7 Å². The molecule has 0 spiro atoms. The van der Waals surface area contributed by atoms with Crippen LogP contribution >= 0.6 is 0 Å². The second kappa shape index (κ2) is 8.70. The maximum atomic E-state index is 12.8. The molecule has 0 saturated heterocycles. The molecule has 2 saturated carbocycles. The third kappa shape index (κ3) is 3.80. The highest BCUT2D eigenvalue weighted by Crippen LogP contribution is 2.72. The van der Waals surface area contributed by atoms with Crippen molar-refractivity contribution in [2.75, 3.05) is 7.11 Å². The van der Waals surface area contributed by atoms with Crippen LogP contribution in [-0.4, -0.2) is 24.6 Å². The lowest BCUT2D eigenvalue weighted by atomic mass is 9.43. The number of hydrogen-bond donors (Lipinski definition) is 0. The first-order valence-corrected chi connectivity index (χ1v) is 13.8. The fourth-order valence-corrected chi connectivity index (χ4v) is 9.42. The molecule has 2 fully saturated rings. The molecule has 0 heterocycles. The zero-order valence-corrected chi connectivity index (χ0v) is 23.3. The number of rotatable bonds is 5. The highest BCUT2D eigenvalue weighted by molar-refractivity contribution is 5.99. The molecule has 0 aliphatic heterocycles. The highest BCUT2D eigenvalue weighted by atomic mass is 16.5. The largest absolute Gasteiger partial charge is 0.466 e. The second-order valence-corrected chi connectivity index (χ2v) is 13.5. The van der Waals surface area contributed by atoms with Crippen molar-refractivity contribution >= 4 is 17.5 Å². The van der Waals surface area contributed by atoms with Crippen LogP contribution in [0.15, 0.2) is 22.8 Å². The Balaban J connectivity index is 1.61. The van der Waals surface area contributed by atoms with E-state index < -0.39 is 5.97 Å². The number of hydrogen-bond acceptors (Lipinski definition) is 4. The van der Waals surface area contributed by atoms with Crippen molar-refractivity contribution < 1.29 is 19.1 Å². The number of carbonyl (C=O) groups excluding carboxylic acids is 3. The zero-order chi connectivity index (χ0) is 26.0. The number of Topliss-reactive ketones (excluding diaryl/α,β-unsaturated/α-hetero) is 1. The summed E-state index contributed by atoms with van der Waals surface area (Å²) in [6.45, 7) is 15.7. The maximum Gasteiger partial charge on any atom is 0.333 e. The third-order valence-corrected chi connectivity index (χ3v) is 11.7. The number of allylic oxidation sites excluding steroid dienone is 3. The van der Waals surface area contributed by atoms with Crippen LogP contribution in [0.25, 0.3) is 0 Å². The van der Waals surface area contributed by atoms with Gasteiger partial charge in [-0.25, -0.2) is 4.79 Å². The van der Waals surface area contributed by atoms with Crippen molar-refractivity contribution in [2.45, 2.75) is 106 Å². The minimum absolute atomic E-state index is 0.0236. The summed E-state index contributed by atoms with van der Waals surface area (Å²) in [5.74, 6) is 1.25. The van der Waals surface area contributed by atoms with Crippen molar-refractivity contribution in [1.82, 2.24) is 0 Å². The van der Waals surface area contributed by atoms with Crippen LogP contribution in [0.1, 0.15) is 106 Å². The number of fused-ring (bicyclic) bond motifs is 4. The van der Waals surface area contributed by atoms with E-state index in [0.717, 1.165) is 32.1 Å². The van der Waals surface area contributed by atoms with Crippen molar-refractivity contribution in [1.29, 1.82) is 0 Å². The lowest BCUT2D eigenvalue weighted by molar-refractivity contribution is -0.139. The lowest BCUT2D eigenvalue weighted by Gasteiger charge is -2.60. The van der Waals surface area contributed by atoms with E-state index in [1.165, 1.54) is 26.0 Å². The monoisotopic (exact) mass is 482 g/mol. The molecule has 4 rings (SSSR count). The average molecular weight is 483 g/mol. The summed E-state index contributed by atoms with van der Waals surface area (Å²) in [6, 6.07) is 0. The van der Waals surface area contributed by atoms with Gasteiger partial charge in [-0.05, 0) is 91.9 Å². The minimum atomic E-state index is -0.435. The summed E-state index contributed by atoms with van der Waals surface area (Å²) in [5, 5.41) is 0. The Bertz CT molecular complexity index is 999. The minimum Gasteiger partial charge on any atom is -0.466 e. The van der Waals surface area contributed by atoms with E-state index in [4.69, 9.17) is 4.74 Å². The summed E-state index contributed by atoms with van der Waals surface area (Å²) < 4.78 is 4.75. The number of esters is 1. The molecule has 194 valence electrons. The number of ketones is 2. The molecule has 4 aliphatic rings. The fraction of sp³-hybridized carbons (Fsp3) is 0.774. The van der Waals surface area contributed by atoms with Gasteiger partial charge in [-0.2, -0.15) is 0 Å². The van der Waals surface area contributed by atoms with Gasteiger partial charge in [0.05, 0.1) is 7.11 Å². The van der Waals surface area contributed by atoms with E-state index in [0.29, 0.717) is 36.0 Å². The van der Waals surface area contributed by atoms with Gasteiger partial charge >= 0.3 is 5.97 Å². The average Bonchev–Trinajstić information content (AvgIpc) is 3.07. The van der Waals surface area contributed by atoms with Crippen LogP contribution < -0.4 is 0 Å². The Hall–Kier alpha value is -1.71. The normalized spacial score (nSPS) is 39.4. The van der Waals surface area contributed by atoms with Crippen molar-refractivity contribution in [3.63, 3.8) is 0 Å².